The van der Waals surface area contributed by atoms with Crippen LogP contribution in [0.4, 0.5) is 10.5 Å². The first kappa shape index (κ1) is 19.1. The molecule has 0 bridgehead atoms. The maximum atomic E-state index is 12.6. The minimum Gasteiger partial charge on any atom is -0.497 e. The number of unbranched alkanes of at least 4 members (excludes halogenated alkanes) is 1. The van der Waals surface area contributed by atoms with Crippen LogP contribution in [0.15, 0.2) is 24.3 Å². The van der Waals surface area contributed by atoms with Gasteiger partial charge in [-0.05, 0) is 50.5 Å². The molecule has 138 valence electrons. The Morgan fingerprint density at radius 1 is 1.24 bits per heavy atom. The summed E-state index contributed by atoms with van der Waals surface area (Å²) < 4.78 is 5.12. The zero-order chi connectivity index (χ0) is 18.2. The molecule has 1 fully saturated rings. The van der Waals surface area contributed by atoms with E-state index in [0.717, 1.165) is 31.4 Å². The molecule has 0 aliphatic carbocycles. The van der Waals surface area contributed by atoms with E-state index in [9.17, 15) is 9.59 Å². The number of likely N-dealkylation sites (tertiary alicyclic amines) is 1. The van der Waals surface area contributed by atoms with E-state index in [-0.39, 0.29) is 23.9 Å². The van der Waals surface area contributed by atoms with Gasteiger partial charge in [0.05, 0.1) is 13.0 Å². The summed E-state index contributed by atoms with van der Waals surface area (Å²) in [6.45, 7) is 5.29. The molecule has 2 unspecified atom stereocenters. The molecular weight excluding hydrogens is 318 g/mol. The molecule has 0 aromatic heterocycles. The van der Waals surface area contributed by atoms with Gasteiger partial charge in [-0.1, -0.05) is 13.3 Å². The molecule has 2 rings (SSSR count). The Kier molecular flexibility index (Phi) is 7.10. The van der Waals surface area contributed by atoms with Gasteiger partial charge in [-0.15, -0.1) is 0 Å². The fourth-order valence-corrected chi connectivity index (χ4v) is 3.01. The lowest BCUT2D eigenvalue weighted by Gasteiger charge is -2.37. The van der Waals surface area contributed by atoms with Crippen molar-refractivity contribution in [3.05, 3.63) is 24.3 Å². The van der Waals surface area contributed by atoms with Gasteiger partial charge in [-0.3, -0.25) is 4.79 Å². The van der Waals surface area contributed by atoms with E-state index in [1.165, 1.54) is 0 Å². The topological polar surface area (TPSA) is 70.7 Å². The van der Waals surface area contributed by atoms with Crippen LogP contribution in [0.2, 0.25) is 0 Å². The number of amides is 3. The van der Waals surface area contributed by atoms with Crippen LogP contribution in [-0.2, 0) is 4.79 Å². The Balaban J connectivity index is 1.93. The van der Waals surface area contributed by atoms with Crippen molar-refractivity contribution in [3.8, 4) is 5.75 Å². The maximum Gasteiger partial charge on any atom is 0.322 e. The predicted molar refractivity (Wildman–Crippen MR) is 98.8 cm³/mol. The van der Waals surface area contributed by atoms with Gasteiger partial charge in [-0.25, -0.2) is 4.79 Å². The van der Waals surface area contributed by atoms with Crippen molar-refractivity contribution in [2.45, 2.75) is 45.6 Å². The van der Waals surface area contributed by atoms with Crippen molar-refractivity contribution in [2.75, 3.05) is 25.5 Å². The van der Waals surface area contributed by atoms with Crippen molar-refractivity contribution in [2.24, 2.45) is 5.92 Å². The van der Waals surface area contributed by atoms with Crippen LogP contribution in [0.25, 0.3) is 0 Å². The average Bonchev–Trinajstić information content (AvgIpc) is 2.62. The highest BCUT2D eigenvalue weighted by Crippen LogP contribution is 2.23. The highest BCUT2D eigenvalue weighted by molar-refractivity contribution is 5.90. The van der Waals surface area contributed by atoms with E-state index >= 15 is 0 Å². The van der Waals surface area contributed by atoms with Crippen molar-refractivity contribution in [1.29, 1.82) is 0 Å². The van der Waals surface area contributed by atoms with Crippen LogP contribution in [0.3, 0.4) is 0 Å². The number of urea groups is 1. The molecule has 1 aliphatic heterocycles. The summed E-state index contributed by atoms with van der Waals surface area (Å²) in [5.41, 5.74) is 0.715. The number of hydrogen-bond donors (Lipinski definition) is 2. The fraction of sp³-hybridized carbons (Fsp3) is 0.579. The van der Waals surface area contributed by atoms with E-state index in [2.05, 4.69) is 17.6 Å². The number of ether oxygens (including phenoxy) is 1. The second-order valence-electron chi connectivity index (χ2n) is 6.58. The van der Waals surface area contributed by atoms with E-state index in [1.54, 1.807) is 36.3 Å². The van der Waals surface area contributed by atoms with Gasteiger partial charge in [0.1, 0.15) is 5.75 Å². The lowest BCUT2D eigenvalue weighted by atomic mass is 9.93. The molecule has 6 nitrogen and oxygen atoms in total. The Morgan fingerprint density at radius 3 is 2.60 bits per heavy atom. The molecule has 1 aliphatic rings. The molecule has 1 heterocycles. The van der Waals surface area contributed by atoms with Crippen molar-refractivity contribution >= 4 is 17.6 Å². The molecule has 1 aromatic carbocycles. The Labute approximate surface area is 149 Å². The summed E-state index contributed by atoms with van der Waals surface area (Å²) in [5.74, 6) is 0.672. The van der Waals surface area contributed by atoms with Crippen molar-refractivity contribution in [1.82, 2.24) is 10.2 Å². The van der Waals surface area contributed by atoms with Crippen molar-refractivity contribution in [3.63, 3.8) is 0 Å². The molecule has 1 aromatic rings. The normalized spacial score (nSPS) is 20.0. The third-order valence-corrected chi connectivity index (χ3v) is 4.68. The Hall–Kier alpha value is -2.24. The summed E-state index contributed by atoms with van der Waals surface area (Å²) in [7, 11) is 1.61. The monoisotopic (exact) mass is 347 g/mol. The second kappa shape index (κ2) is 9.30. The largest absolute Gasteiger partial charge is 0.497 e. The number of hydrogen-bond acceptors (Lipinski definition) is 3. The van der Waals surface area contributed by atoms with Crippen molar-refractivity contribution < 1.29 is 14.3 Å². The van der Waals surface area contributed by atoms with Crippen LogP contribution >= 0.6 is 0 Å². The number of carbonyl (C=O) groups is 2. The molecule has 0 spiro atoms. The molecule has 2 atom stereocenters. The quantitative estimate of drug-likeness (QED) is 0.776. The lowest BCUT2D eigenvalue weighted by Crippen LogP contribution is -2.50. The number of benzene rings is 1. The first-order valence-corrected chi connectivity index (χ1v) is 9.04. The van der Waals surface area contributed by atoms with Crippen LogP contribution in [0, 0.1) is 5.92 Å². The van der Waals surface area contributed by atoms with E-state index < -0.39 is 0 Å². The SMILES string of the molecule is CCCCNC(=O)C1CCC(C)N(C(=O)Nc2ccc(OC)cc2)C1. The van der Waals surface area contributed by atoms with Gasteiger partial charge >= 0.3 is 6.03 Å². The Morgan fingerprint density at radius 2 is 1.96 bits per heavy atom. The molecule has 0 radical (unpaired) electrons. The summed E-state index contributed by atoms with van der Waals surface area (Å²) in [5, 5.41) is 5.88. The highest BCUT2D eigenvalue weighted by atomic mass is 16.5. The van der Waals surface area contributed by atoms with E-state index in [1.807, 2.05) is 6.92 Å². The minimum atomic E-state index is -0.163. The standard InChI is InChI=1S/C19H29N3O3/c1-4-5-12-20-18(23)15-7-6-14(2)22(13-15)19(24)21-16-8-10-17(25-3)11-9-16/h8-11,14-15H,4-7,12-13H2,1-3H3,(H,20,23)(H,21,24). The van der Waals surface area contributed by atoms with Gasteiger partial charge in [0.2, 0.25) is 5.91 Å². The van der Waals surface area contributed by atoms with Crippen LogP contribution < -0.4 is 15.4 Å². The second-order valence-corrected chi connectivity index (χ2v) is 6.58. The first-order valence-electron chi connectivity index (χ1n) is 9.04. The van der Waals surface area contributed by atoms with Gasteiger partial charge in [-0.2, -0.15) is 0 Å². The first-order chi connectivity index (χ1) is 12.0. The molecule has 2 N–H and O–H groups in total. The molecule has 25 heavy (non-hydrogen) atoms. The van der Waals surface area contributed by atoms with Gasteiger partial charge in [0.15, 0.2) is 0 Å². The summed E-state index contributed by atoms with van der Waals surface area (Å²) in [6, 6.07) is 7.18. The van der Waals surface area contributed by atoms with Crippen LogP contribution in [-0.4, -0.2) is 43.1 Å². The maximum absolute atomic E-state index is 12.6. The minimum absolute atomic E-state index is 0.0580. The summed E-state index contributed by atoms with van der Waals surface area (Å²) in [6.07, 6.45) is 3.70. The van der Waals surface area contributed by atoms with E-state index in [4.69, 9.17) is 4.74 Å². The number of carbonyl (C=O) groups excluding carboxylic acids is 2. The Bertz CT molecular complexity index is 574. The molecular formula is C19H29N3O3. The number of rotatable bonds is 6. The van der Waals surface area contributed by atoms with Gasteiger partial charge < -0.3 is 20.3 Å². The molecule has 1 saturated heterocycles. The van der Waals surface area contributed by atoms with Gasteiger partial charge in [0, 0.05) is 24.8 Å². The third kappa shape index (κ3) is 5.37. The number of methoxy groups -OCH3 is 1. The highest BCUT2D eigenvalue weighted by Gasteiger charge is 2.32. The zero-order valence-corrected chi connectivity index (χ0v) is 15.4. The lowest BCUT2D eigenvalue weighted by molar-refractivity contribution is -0.126. The third-order valence-electron chi connectivity index (χ3n) is 4.68. The van der Waals surface area contributed by atoms with Gasteiger partial charge in [0.25, 0.3) is 0 Å². The van der Waals surface area contributed by atoms with Crippen LogP contribution in [0.1, 0.15) is 39.5 Å². The number of nitrogens with zero attached hydrogens (tertiary/aromatic N) is 1. The average molecular weight is 347 g/mol. The number of piperidine rings is 1. The predicted octanol–water partition coefficient (Wildman–Crippen LogP) is 3.24. The number of anilines is 1. The number of nitrogens with one attached hydrogen (secondary N) is 2. The fourth-order valence-electron chi connectivity index (χ4n) is 3.01. The van der Waals surface area contributed by atoms with Crippen LogP contribution in [0.5, 0.6) is 5.75 Å². The zero-order valence-electron chi connectivity index (χ0n) is 15.4. The summed E-state index contributed by atoms with van der Waals surface area (Å²) in [4.78, 5) is 26.7. The smallest absolute Gasteiger partial charge is 0.322 e. The molecule has 0 saturated carbocycles. The molecule has 6 heteroatoms. The van der Waals surface area contributed by atoms with E-state index in [0.29, 0.717) is 18.8 Å². The summed E-state index contributed by atoms with van der Waals surface area (Å²) >= 11 is 0. The molecule has 3 amide bonds.